The Bertz CT molecular complexity index is 699. The first-order chi connectivity index (χ1) is 12.1. The maximum absolute atomic E-state index is 12.6. The van der Waals surface area contributed by atoms with Crippen LogP contribution in [0.3, 0.4) is 0 Å². The lowest BCUT2D eigenvalue weighted by Gasteiger charge is -2.40. The Morgan fingerprint density at radius 1 is 1.23 bits per heavy atom. The molecule has 2 rings (SSSR count). The van der Waals surface area contributed by atoms with Gasteiger partial charge in [-0.05, 0) is 26.3 Å². The quantitative estimate of drug-likeness (QED) is 0.463. The molecule has 9 heteroatoms. The summed E-state index contributed by atoms with van der Waals surface area (Å²) in [5, 5.41) is 20.9. The Labute approximate surface area is 156 Å². The fourth-order valence-electron chi connectivity index (χ4n) is 2.68. The maximum Gasteiger partial charge on any atom is 0.410 e. The molecule has 0 radical (unpaired) electrons. The van der Waals surface area contributed by atoms with Gasteiger partial charge < -0.3 is 20.0 Å². The van der Waals surface area contributed by atoms with Gasteiger partial charge in [-0.3, -0.25) is 4.90 Å². The second-order valence-corrected chi connectivity index (χ2v) is 7.29. The van der Waals surface area contributed by atoms with Gasteiger partial charge in [0.05, 0.1) is 6.04 Å². The molecule has 1 aliphatic heterocycles. The third-order valence-corrected chi connectivity index (χ3v) is 4.19. The van der Waals surface area contributed by atoms with Gasteiger partial charge in [0.15, 0.2) is 5.17 Å². The number of oxime groups is 1. The van der Waals surface area contributed by atoms with Crippen molar-refractivity contribution in [1.82, 2.24) is 9.80 Å². The van der Waals surface area contributed by atoms with Gasteiger partial charge in [-0.2, -0.15) is 0 Å². The van der Waals surface area contributed by atoms with Gasteiger partial charge in [-0.1, -0.05) is 41.0 Å². The van der Waals surface area contributed by atoms with E-state index in [9.17, 15) is 14.7 Å². The summed E-state index contributed by atoms with van der Waals surface area (Å²) in [6.07, 6.45) is -1.53. The van der Waals surface area contributed by atoms with Gasteiger partial charge in [-0.25, -0.2) is 9.59 Å². The third kappa shape index (κ3) is 4.78. The fourth-order valence-corrected chi connectivity index (χ4v) is 2.81. The smallest absolute Gasteiger partial charge is 0.410 e. The largest absolute Gasteiger partial charge is 0.465 e. The number of carbonyl (C=O) groups excluding carboxylic acids is 1. The number of benzene rings is 1. The molecule has 26 heavy (non-hydrogen) atoms. The topological polar surface area (TPSA) is 103 Å². The second kappa shape index (κ2) is 7.82. The van der Waals surface area contributed by atoms with Crippen LogP contribution in [0.1, 0.15) is 37.9 Å². The fraction of sp³-hybridized carbons (Fsp3) is 0.471. The van der Waals surface area contributed by atoms with Crippen molar-refractivity contribution in [2.45, 2.75) is 32.4 Å². The highest BCUT2D eigenvalue weighted by molar-refractivity contribution is 6.69. The zero-order chi connectivity index (χ0) is 19.5. The van der Waals surface area contributed by atoms with Gasteiger partial charge in [0, 0.05) is 25.2 Å². The summed E-state index contributed by atoms with van der Waals surface area (Å²) in [7, 11) is 0. The number of ether oxygens (including phenoxy) is 1. The molecule has 1 atom stereocenters. The van der Waals surface area contributed by atoms with E-state index in [0.29, 0.717) is 5.56 Å². The number of hydrogen-bond donors (Lipinski definition) is 2. The molecule has 1 saturated heterocycles. The molecule has 2 N–H and O–H groups in total. The molecule has 1 aromatic carbocycles. The summed E-state index contributed by atoms with van der Waals surface area (Å²) >= 11 is 5.77. The van der Waals surface area contributed by atoms with Crippen LogP contribution in [-0.4, -0.2) is 62.7 Å². The Hall–Kier alpha value is -2.48. The summed E-state index contributed by atoms with van der Waals surface area (Å²) in [5.74, 6) is 0. The van der Waals surface area contributed by atoms with Gasteiger partial charge in [-0.15, -0.1) is 0 Å². The molecule has 1 heterocycles. The number of hydrogen-bond acceptors (Lipinski definition) is 5. The van der Waals surface area contributed by atoms with Crippen LogP contribution in [0, 0.1) is 0 Å². The molecule has 0 aromatic heterocycles. The van der Waals surface area contributed by atoms with Gasteiger partial charge in [0.1, 0.15) is 5.60 Å². The predicted molar refractivity (Wildman–Crippen MR) is 95.9 cm³/mol. The molecule has 8 nitrogen and oxygen atoms in total. The van der Waals surface area contributed by atoms with Gasteiger partial charge >= 0.3 is 12.2 Å². The van der Waals surface area contributed by atoms with Crippen LogP contribution in [0.5, 0.6) is 0 Å². The van der Waals surface area contributed by atoms with Gasteiger partial charge in [0.2, 0.25) is 0 Å². The van der Waals surface area contributed by atoms with Crippen molar-refractivity contribution >= 4 is 29.0 Å². The summed E-state index contributed by atoms with van der Waals surface area (Å²) in [6, 6.07) is 6.23. The van der Waals surface area contributed by atoms with E-state index in [1.165, 1.54) is 9.80 Å². The number of amides is 2. The van der Waals surface area contributed by atoms with Crippen molar-refractivity contribution in [1.29, 1.82) is 0 Å². The van der Waals surface area contributed by atoms with Crippen molar-refractivity contribution in [3.05, 3.63) is 35.4 Å². The summed E-state index contributed by atoms with van der Waals surface area (Å²) in [5.41, 5.74) is 0.584. The number of carbonyl (C=O) groups is 2. The van der Waals surface area contributed by atoms with Crippen molar-refractivity contribution in [2.75, 3.05) is 19.6 Å². The van der Waals surface area contributed by atoms with Crippen molar-refractivity contribution in [3.8, 4) is 0 Å². The molecular weight excluding hydrogens is 362 g/mol. The summed E-state index contributed by atoms with van der Waals surface area (Å²) in [4.78, 5) is 26.7. The van der Waals surface area contributed by atoms with E-state index in [1.54, 1.807) is 45.0 Å². The van der Waals surface area contributed by atoms with E-state index in [-0.39, 0.29) is 24.8 Å². The van der Waals surface area contributed by atoms with Crippen molar-refractivity contribution in [3.63, 3.8) is 0 Å². The third-order valence-electron chi connectivity index (χ3n) is 3.90. The van der Waals surface area contributed by atoms with E-state index in [4.69, 9.17) is 21.5 Å². The van der Waals surface area contributed by atoms with E-state index >= 15 is 0 Å². The van der Waals surface area contributed by atoms with Crippen LogP contribution >= 0.6 is 11.6 Å². The molecule has 1 aliphatic rings. The van der Waals surface area contributed by atoms with Crippen molar-refractivity contribution < 1.29 is 24.6 Å². The number of nitrogens with zero attached hydrogens (tertiary/aromatic N) is 3. The highest BCUT2D eigenvalue weighted by Crippen LogP contribution is 2.28. The average molecular weight is 384 g/mol. The number of rotatable bonds is 2. The lowest BCUT2D eigenvalue weighted by atomic mass is 10.0. The zero-order valence-corrected chi connectivity index (χ0v) is 15.6. The first-order valence-corrected chi connectivity index (χ1v) is 8.45. The van der Waals surface area contributed by atoms with Crippen LogP contribution in [0.2, 0.25) is 0 Å². The first-order valence-electron chi connectivity index (χ1n) is 8.08. The lowest BCUT2D eigenvalue weighted by Crippen LogP contribution is -2.53. The summed E-state index contributed by atoms with van der Waals surface area (Å²) in [6.45, 7) is 5.91. The predicted octanol–water partition coefficient (Wildman–Crippen LogP) is 3.33. The van der Waals surface area contributed by atoms with Gasteiger partial charge in [0.25, 0.3) is 0 Å². The van der Waals surface area contributed by atoms with Crippen LogP contribution in [0.25, 0.3) is 0 Å². The molecule has 0 spiro atoms. The molecule has 1 fully saturated rings. The Balaban J connectivity index is 2.30. The second-order valence-electron chi connectivity index (χ2n) is 6.93. The molecule has 1 unspecified atom stereocenters. The molecule has 0 aliphatic carbocycles. The molecule has 2 amide bonds. The number of halogens is 1. The van der Waals surface area contributed by atoms with Crippen molar-refractivity contribution in [2.24, 2.45) is 5.16 Å². The van der Waals surface area contributed by atoms with E-state index in [1.807, 2.05) is 0 Å². The SMILES string of the molecule is CC(C)(C)OC(=O)N1CCN(C(=O)O)CC1c1ccc(C(Cl)=NO)cc1. The number of carboxylic acid groups (broad SMARTS) is 1. The van der Waals surface area contributed by atoms with E-state index < -0.39 is 23.8 Å². The van der Waals surface area contributed by atoms with Crippen LogP contribution in [0.15, 0.2) is 29.4 Å². The highest BCUT2D eigenvalue weighted by atomic mass is 35.5. The number of piperazine rings is 1. The Morgan fingerprint density at radius 3 is 2.35 bits per heavy atom. The maximum atomic E-state index is 12.6. The monoisotopic (exact) mass is 383 g/mol. The minimum atomic E-state index is -1.04. The van der Waals surface area contributed by atoms with Crippen LogP contribution in [-0.2, 0) is 4.74 Å². The standard InChI is InChI=1S/C17H22ClN3O5/c1-17(2,3)26-16(24)21-9-8-20(15(22)23)10-13(21)11-4-6-12(7-5-11)14(18)19-25/h4-7,13,25H,8-10H2,1-3H3,(H,22,23). The average Bonchev–Trinajstić information content (AvgIpc) is 2.59. The zero-order valence-electron chi connectivity index (χ0n) is 14.8. The first kappa shape index (κ1) is 19.8. The molecule has 1 aromatic rings. The van der Waals surface area contributed by atoms with Crippen LogP contribution < -0.4 is 0 Å². The Kier molecular flexibility index (Phi) is 5.97. The van der Waals surface area contributed by atoms with Crippen LogP contribution in [0.4, 0.5) is 9.59 Å². The Morgan fingerprint density at radius 2 is 1.85 bits per heavy atom. The van der Waals surface area contributed by atoms with E-state index in [0.717, 1.165) is 5.56 Å². The minimum Gasteiger partial charge on any atom is -0.465 e. The normalized spacial score (nSPS) is 18.6. The van der Waals surface area contributed by atoms with E-state index in [2.05, 4.69) is 5.16 Å². The molecule has 0 saturated carbocycles. The molecular formula is C17H22ClN3O5. The molecule has 0 bridgehead atoms. The molecule has 142 valence electrons. The summed E-state index contributed by atoms with van der Waals surface area (Å²) < 4.78 is 5.45. The lowest BCUT2D eigenvalue weighted by molar-refractivity contribution is -0.000592. The highest BCUT2D eigenvalue weighted by Gasteiger charge is 2.35. The minimum absolute atomic E-state index is 0.0589.